The van der Waals surface area contributed by atoms with E-state index in [1.807, 2.05) is 26.0 Å². The number of H-pyrrole nitrogens is 1. The summed E-state index contributed by atoms with van der Waals surface area (Å²) in [6.45, 7) is 4.44. The molecule has 0 aliphatic rings. The van der Waals surface area contributed by atoms with E-state index in [-0.39, 0.29) is 5.91 Å². The predicted molar refractivity (Wildman–Crippen MR) is 75.2 cm³/mol. The highest BCUT2D eigenvalue weighted by molar-refractivity contribution is 6.04. The Balaban J connectivity index is 2.09. The summed E-state index contributed by atoms with van der Waals surface area (Å²) < 4.78 is 0. The second-order valence-corrected chi connectivity index (χ2v) is 4.51. The van der Waals surface area contributed by atoms with Crippen molar-refractivity contribution >= 4 is 11.7 Å². The molecule has 1 heterocycles. The van der Waals surface area contributed by atoms with Crippen molar-refractivity contribution in [3.05, 3.63) is 46.6 Å². The van der Waals surface area contributed by atoms with Gasteiger partial charge in [-0.2, -0.15) is 5.10 Å². The number of amides is 1. The summed E-state index contributed by atoms with van der Waals surface area (Å²) in [5.41, 5.74) is 9.14. The smallest absolute Gasteiger partial charge is 0.256 e. The van der Waals surface area contributed by atoms with Gasteiger partial charge < -0.3 is 11.1 Å². The number of aromatic nitrogens is 2. The van der Waals surface area contributed by atoms with E-state index in [0.717, 1.165) is 23.2 Å². The monoisotopic (exact) mass is 258 g/mol. The fourth-order valence-electron chi connectivity index (χ4n) is 1.78. The molecule has 1 amide bonds. The summed E-state index contributed by atoms with van der Waals surface area (Å²) in [6, 6.07) is 7.44. The van der Waals surface area contributed by atoms with Gasteiger partial charge in [0.05, 0.1) is 0 Å². The molecule has 0 saturated carbocycles. The van der Waals surface area contributed by atoms with Crippen LogP contribution in [0, 0.1) is 13.8 Å². The zero-order chi connectivity index (χ0) is 13.8. The van der Waals surface area contributed by atoms with Crippen LogP contribution in [0.4, 0.5) is 5.82 Å². The van der Waals surface area contributed by atoms with Crippen molar-refractivity contribution in [2.45, 2.75) is 20.3 Å². The van der Waals surface area contributed by atoms with E-state index in [0.29, 0.717) is 17.9 Å². The number of hydrogen-bond acceptors (Lipinski definition) is 3. The molecule has 0 aliphatic carbocycles. The molecule has 0 unspecified atom stereocenters. The Hall–Kier alpha value is -2.14. The van der Waals surface area contributed by atoms with E-state index < -0.39 is 0 Å². The fourth-order valence-corrected chi connectivity index (χ4v) is 1.78. The summed E-state index contributed by atoms with van der Waals surface area (Å²) in [7, 11) is 0. The van der Waals surface area contributed by atoms with Gasteiger partial charge in [-0.3, -0.25) is 9.89 Å². The van der Waals surface area contributed by atoms with Gasteiger partial charge in [-0.05, 0) is 44.5 Å². The first-order valence-electron chi connectivity index (χ1n) is 6.23. The lowest BCUT2D eigenvalue weighted by Gasteiger charge is -2.04. The normalized spacial score (nSPS) is 10.5. The van der Waals surface area contributed by atoms with Crippen LogP contribution >= 0.6 is 0 Å². The van der Waals surface area contributed by atoms with Crippen molar-refractivity contribution in [2.75, 3.05) is 11.9 Å². The first-order valence-corrected chi connectivity index (χ1v) is 6.23. The topological polar surface area (TPSA) is 83.8 Å². The van der Waals surface area contributed by atoms with Gasteiger partial charge in [0.2, 0.25) is 0 Å². The molecule has 1 aromatic heterocycles. The summed E-state index contributed by atoms with van der Waals surface area (Å²) >= 11 is 0. The van der Waals surface area contributed by atoms with Crippen LogP contribution in [-0.4, -0.2) is 22.6 Å². The van der Waals surface area contributed by atoms with Crippen molar-refractivity contribution in [2.24, 2.45) is 5.73 Å². The molecule has 0 atom stereocenters. The number of carbonyl (C=O) groups is 1. The lowest BCUT2D eigenvalue weighted by atomic mass is 10.1. The molecule has 100 valence electrons. The molecule has 0 spiro atoms. The van der Waals surface area contributed by atoms with Crippen molar-refractivity contribution in [1.29, 1.82) is 0 Å². The first kappa shape index (κ1) is 13.3. The maximum Gasteiger partial charge on any atom is 0.256 e. The van der Waals surface area contributed by atoms with Gasteiger partial charge in [-0.1, -0.05) is 12.1 Å². The lowest BCUT2D eigenvalue weighted by molar-refractivity contribution is 0.102. The van der Waals surface area contributed by atoms with E-state index in [9.17, 15) is 4.79 Å². The van der Waals surface area contributed by atoms with Crippen LogP contribution in [0.25, 0.3) is 0 Å². The van der Waals surface area contributed by atoms with E-state index in [2.05, 4.69) is 15.5 Å². The number of aromatic amines is 1. The molecular formula is C14H18N4O. The van der Waals surface area contributed by atoms with E-state index in [1.54, 1.807) is 12.1 Å². The molecule has 0 bridgehead atoms. The largest absolute Gasteiger partial charge is 0.330 e. The van der Waals surface area contributed by atoms with Gasteiger partial charge in [0, 0.05) is 16.8 Å². The summed E-state index contributed by atoms with van der Waals surface area (Å²) in [4.78, 5) is 12.1. The number of anilines is 1. The standard InChI is InChI=1S/C14H18N4O/c1-9-10(2)17-18-13(9)16-14(19)12-5-3-11(4-6-12)7-8-15/h3-6H,7-8,15H2,1-2H3,(H2,16,17,18,19). The van der Waals surface area contributed by atoms with Crippen LogP contribution in [0.15, 0.2) is 24.3 Å². The second-order valence-electron chi connectivity index (χ2n) is 4.51. The van der Waals surface area contributed by atoms with E-state index in [4.69, 9.17) is 5.73 Å². The molecule has 0 saturated heterocycles. The molecule has 0 aliphatic heterocycles. The van der Waals surface area contributed by atoms with E-state index in [1.165, 1.54) is 0 Å². The molecule has 2 aromatic rings. The van der Waals surface area contributed by atoms with Crippen molar-refractivity contribution < 1.29 is 4.79 Å². The number of hydrogen-bond donors (Lipinski definition) is 3. The number of carbonyl (C=O) groups excluding carboxylic acids is 1. The number of aryl methyl sites for hydroxylation is 1. The quantitative estimate of drug-likeness (QED) is 0.781. The number of nitrogens with zero attached hydrogens (tertiary/aromatic N) is 1. The predicted octanol–water partition coefficient (Wildman–Crippen LogP) is 1.78. The SMILES string of the molecule is Cc1[nH]nc(NC(=O)c2ccc(CCN)cc2)c1C. The van der Waals surface area contributed by atoms with Gasteiger partial charge in [-0.15, -0.1) is 0 Å². The fraction of sp³-hybridized carbons (Fsp3) is 0.286. The first-order chi connectivity index (χ1) is 9.11. The van der Waals surface area contributed by atoms with Gasteiger partial charge in [-0.25, -0.2) is 0 Å². The third kappa shape index (κ3) is 3.00. The Kier molecular flexibility index (Phi) is 3.97. The average Bonchev–Trinajstić information content (AvgIpc) is 2.72. The number of rotatable bonds is 4. The maximum atomic E-state index is 12.1. The average molecular weight is 258 g/mol. The van der Waals surface area contributed by atoms with Gasteiger partial charge in [0.1, 0.15) is 0 Å². The Morgan fingerprint density at radius 2 is 2.00 bits per heavy atom. The second kappa shape index (κ2) is 5.67. The van der Waals surface area contributed by atoms with Crippen LogP contribution < -0.4 is 11.1 Å². The number of nitrogens with two attached hydrogens (primary N) is 1. The van der Waals surface area contributed by atoms with Crippen molar-refractivity contribution in [3.63, 3.8) is 0 Å². The van der Waals surface area contributed by atoms with E-state index >= 15 is 0 Å². The minimum absolute atomic E-state index is 0.158. The highest BCUT2D eigenvalue weighted by atomic mass is 16.1. The molecule has 5 heteroatoms. The summed E-state index contributed by atoms with van der Waals surface area (Å²) in [6.07, 6.45) is 0.819. The minimum Gasteiger partial charge on any atom is -0.330 e. The Morgan fingerprint density at radius 1 is 1.32 bits per heavy atom. The number of benzene rings is 1. The molecule has 5 nitrogen and oxygen atoms in total. The zero-order valence-electron chi connectivity index (χ0n) is 11.2. The number of nitrogens with one attached hydrogen (secondary N) is 2. The zero-order valence-corrected chi connectivity index (χ0v) is 11.2. The van der Waals surface area contributed by atoms with Gasteiger partial charge in [0.25, 0.3) is 5.91 Å². The Bertz CT molecular complexity index is 572. The molecular weight excluding hydrogens is 240 g/mol. The van der Waals surface area contributed by atoms with Crippen LogP contribution in [0.3, 0.4) is 0 Å². The third-order valence-corrected chi connectivity index (χ3v) is 3.13. The van der Waals surface area contributed by atoms with Crippen LogP contribution in [0.1, 0.15) is 27.2 Å². The molecule has 0 radical (unpaired) electrons. The van der Waals surface area contributed by atoms with Crippen LogP contribution in [0.5, 0.6) is 0 Å². The van der Waals surface area contributed by atoms with Crippen LogP contribution in [-0.2, 0) is 6.42 Å². The van der Waals surface area contributed by atoms with Gasteiger partial charge >= 0.3 is 0 Å². The molecule has 19 heavy (non-hydrogen) atoms. The minimum atomic E-state index is -0.158. The molecule has 4 N–H and O–H groups in total. The highest BCUT2D eigenvalue weighted by Gasteiger charge is 2.11. The molecule has 1 aromatic carbocycles. The van der Waals surface area contributed by atoms with Gasteiger partial charge in [0.15, 0.2) is 5.82 Å². The molecule has 2 rings (SSSR count). The molecule has 0 fully saturated rings. The van der Waals surface area contributed by atoms with Crippen molar-refractivity contribution in [3.8, 4) is 0 Å². The maximum absolute atomic E-state index is 12.1. The van der Waals surface area contributed by atoms with Crippen LogP contribution in [0.2, 0.25) is 0 Å². The van der Waals surface area contributed by atoms with Crippen molar-refractivity contribution in [1.82, 2.24) is 10.2 Å². The summed E-state index contributed by atoms with van der Waals surface area (Å²) in [5, 5.41) is 9.69. The summed E-state index contributed by atoms with van der Waals surface area (Å²) in [5.74, 6) is 0.419. The Morgan fingerprint density at radius 3 is 2.53 bits per heavy atom. The Labute approximate surface area is 112 Å². The third-order valence-electron chi connectivity index (χ3n) is 3.13. The lowest BCUT2D eigenvalue weighted by Crippen LogP contribution is -2.13. The highest BCUT2D eigenvalue weighted by Crippen LogP contribution is 2.15.